The first-order valence-corrected chi connectivity index (χ1v) is 5.62. The summed E-state index contributed by atoms with van der Waals surface area (Å²) in [6, 6.07) is 5.21. The molecular weight excluding hydrogens is 218 g/mol. The van der Waals surface area contributed by atoms with Crippen LogP contribution in [0.2, 0.25) is 0 Å². The van der Waals surface area contributed by atoms with Crippen LogP contribution in [-0.4, -0.2) is 28.4 Å². The molecule has 1 amide bonds. The Labute approximate surface area is 98.2 Å². The number of carbonyl (C=O) groups excluding carboxylic acids is 1. The fraction of sp³-hybridized carbons (Fsp3) is 0.333. The lowest BCUT2D eigenvalue weighted by molar-refractivity contribution is -0.129. The average molecular weight is 231 g/mol. The molecule has 1 aliphatic rings. The molecule has 0 radical (unpaired) electrons. The number of rotatable bonds is 2. The highest BCUT2D eigenvalue weighted by molar-refractivity contribution is 5.83. The van der Waals surface area contributed by atoms with Gasteiger partial charge in [-0.3, -0.25) is 9.78 Å². The monoisotopic (exact) mass is 231 g/mol. The maximum absolute atomic E-state index is 11.7. The molecule has 5 nitrogen and oxygen atoms in total. The number of pyridine rings is 1. The standard InChI is InChI=1S/C12H13N3O2/c13-9-3-5-15(12(9)16)7-8-6-10-11(17-8)2-1-4-14-10/h1-2,4,6,9H,3,5,7,13H2/t9-/m0/s1. The summed E-state index contributed by atoms with van der Waals surface area (Å²) >= 11 is 0. The highest BCUT2D eigenvalue weighted by Crippen LogP contribution is 2.20. The van der Waals surface area contributed by atoms with Gasteiger partial charge in [-0.05, 0) is 18.6 Å². The Morgan fingerprint density at radius 2 is 2.47 bits per heavy atom. The Balaban J connectivity index is 1.83. The van der Waals surface area contributed by atoms with Gasteiger partial charge in [-0.2, -0.15) is 0 Å². The van der Waals surface area contributed by atoms with Gasteiger partial charge in [0, 0.05) is 18.8 Å². The van der Waals surface area contributed by atoms with Crippen molar-refractivity contribution in [1.82, 2.24) is 9.88 Å². The van der Waals surface area contributed by atoms with Gasteiger partial charge in [0.1, 0.15) is 11.3 Å². The van der Waals surface area contributed by atoms with Gasteiger partial charge in [0.05, 0.1) is 12.6 Å². The van der Waals surface area contributed by atoms with Gasteiger partial charge in [0.15, 0.2) is 5.58 Å². The van der Waals surface area contributed by atoms with Crippen molar-refractivity contribution in [2.75, 3.05) is 6.54 Å². The minimum Gasteiger partial charge on any atom is -0.457 e. The number of amides is 1. The first-order valence-electron chi connectivity index (χ1n) is 5.62. The lowest BCUT2D eigenvalue weighted by Crippen LogP contribution is -2.33. The van der Waals surface area contributed by atoms with Crippen molar-refractivity contribution in [3.05, 3.63) is 30.2 Å². The van der Waals surface area contributed by atoms with Crippen LogP contribution in [0.5, 0.6) is 0 Å². The number of aromatic nitrogens is 1. The van der Waals surface area contributed by atoms with Gasteiger partial charge in [-0.25, -0.2) is 0 Å². The molecule has 1 aliphatic heterocycles. The SMILES string of the molecule is N[C@H]1CCN(Cc2cc3ncccc3o2)C1=O. The molecule has 0 saturated carbocycles. The zero-order valence-electron chi connectivity index (χ0n) is 9.30. The van der Waals surface area contributed by atoms with Gasteiger partial charge < -0.3 is 15.1 Å². The molecule has 17 heavy (non-hydrogen) atoms. The second kappa shape index (κ2) is 3.85. The number of likely N-dealkylation sites (tertiary alicyclic amines) is 1. The van der Waals surface area contributed by atoms with Crippen molar-refractivity contribution in [1.29, 1.82) is 0 Å². The van der Waals surface area contributed by atoms with E-state index in [9.17, 15) is 4.79 Å². The topological polar surface area (TPSA) is 72.4 Å². The fourth-order valence-electron chi connectivity index (χ4n) is 2.11. The van der Waals surface area contributed by atoms with Gasteiger partial charge >= 0.3 is 0 Å². The van der Waals surface area contributed by atoms with Gasteiger partial charge in [0.2, 0.25) is 5.91 Å². The quantitative estimate of drug-likeness (QED) is 0.833. The van der Waals surface area contributed by atoms with Crippen molar-refractivity contribution in [2.24, 2.45) is 5.73 Å². The van der Waals surface area contributed by atoms with E-state index < -0.39 is 0 Å². The van der Waals surface area contributed by atoms with E-state index in [1.165, 1.54) is 0 Å². The highest BCUT2D eigenvalue weighted by atomic mass is 16.3. The lowest BCUT2D eigenvalue weighted by Gasteiger charge is -2.13. The van der Waals surface area contributed by atoms with Gasteiger partial charge in [-0.15, -0.1) is 0 Å². The van der Waals surface area contributed by atoms with Crippen LogP contribution in [0.25, 0.3) is 11.1 Å². The summed E-state index contributed by atoms with van der Waals surface area (Å²) in [5, 5.41) is 0. The van der Waals surface area contributed by atoms with Crippen LogP contribution in [0.15, 0.2) is 28.8 Å². The number of carbonyl (C=O) groups is 1. The van der Waals surface area contributed by atoms with Crippen LogP contribution in [-0.2, 0) is 11.3 Å². The Morgan fingerprint density at radius 3 is 3.18 bits per heavy atom. The van der Waals surface area contributed by atoms with E-state index in [4.69, 9.17) is 10.2 Å². The van der Waals surface area contributed by atoms with E-state index in [0.717, 1.165) is 23.3 Å². The number of hydrogen-bond acceptors (Lipinski definition) is 4. The molecule has 0 aliphatic carbocycles. The second-order valence-corrected chi connectivity index (χ2v) is 4.25. The third kappa shape index (κ3) is 1.78. The van der Waals surface area contributed by atoms with Crippen LogP contribution in [0.1, 0.15) is 12.2 Å². The molecule has 1 atom stereocenters. The van der Waals surface area contributed by atoms with Crippen LogP contribution >= 0.6 is 0 Å². The maximum atomic E-state index is 11.7. The van der Waals surface area contributed by atoms with Gasteiger partial charge in [-0.1, -0.05) is 0 Å². The van der Waals surface area contributed by atoms with E-state index in [-0.39, 0.29) is 11.9 Å². The first kappa shape index (κ1) is 10.3. The van der Waals surface area contributed by atoms with Crippen LogP contribution < -0.4 is 5.73 Å². The normalized spacial score (nSPS) is 20.4. The number of furan rings is 1. The molecular formula is C12H13N3O2. The zero-order chi connectivity index (χ0) is 11.8. The van der Waals surface area contributed by atoms with Crippen molar-refractivity contribution in [3.8, 4) is 0 Å². The smallest absolute Gasteiger partial charge is 0.239 e. The summed E-state index contributed by atoms with van der Waals surface area (Å²) in [5.41, 5.74) is 7.23. The average Bonchev–Trinajstić information content (AvgIpc) is 2.87. The second-order valence-electron chi connectivity index (χ2n) is 4.25. The highest BCUT2D eigenvalue weighted by Gasteiger charge is 2.28. The number of fused-ring (bicyclic) bond motifs is 1. The molecule has 0 bridgehead atoms. The summed E-state index contributed by atoms with van der Waals surface area (Å²) in [4.78, 5) is 17.6. The van der Waals surface area contributed by atoms with Crippen molar-refractivity contribution < 1.29 is 9.21 Å². The predicted molar refractivity (Wildman–Crippen MR) is 62.0 cm³/mol. The Morgan fingerprint density at radius 1 is 1.59 bits per heavy atom. The lowest BCUT2D eigenvalue weighted by atomic mass is 10.3. The molecule has 0 spiro atoms. The number of hydrogen-bond donors (Lipinski definition) is 1. The summed E-state index contributed by atoms with van der Waals surface area (Å²) in [7, 11) is 0. The molecule has 88 valence electrons. The Hall–Kier alpha value is -1.88. The van der Waals surface area contributed by atoms with E-state index in [1.807, 2.05) is 18.2 Å². The minimum absolute atomic E-state index is 0.00147. The van der Waals surface area contributed by atoms with Crippen LogP contribution in [0.4, 0.5) is 0 Å². The maximum Gasteiger partial charge on any atom is 0.239 e. The van der Waals surface area contributed by atoms with E-state index in [2.05, 4.69) is 4.98 Å². The molecule has 2 aromatic rings. The van der Waals surface area contributed by atoms with Crippen molar-refractivity contribution in [3.63, 3.8) is 0 Å². The fourth-order valence-corrected chi connectivity index (χ4v) is 2.11. The molecule has 1 saturated heterocycles. The molecule has 1 fully saturated rings. The predicted octanol–water partition coefficient (Wildman–Crippen LogP) is 0.887. The molecule has 0 unspecified atom stereocenters. The Bertz CT molecular complexity index is 531. The molecule has 3 heterocycles. The number of nitrogens with zero attached hydrogens (tertiary/aromatic N) is 2. The summed E-state index contributed by atoms with van der Waals surface area (Å²) in [6.45, 7) is 1.17. The molecule has 0 aromatic carbocycles. The third-order valence-electron chi connectivity index (χ3n) is 3.02. The van der Waals surface area contributed by atoms with E-state index >= 15 is 0 Å². The van der Waals surface area contributed by atoms with Crippen molar-refractivity contribution in [2.45, 2.75) is 19.0 Å². The molecule has 5 heteroatoms. The molecule has 2 N–H and O–H groups in total. The first-order chi connectivity index (χ1) is 8.24. The van der Waals surface area contributed by atoms with E-state index in [0.29, 0.717) is 13.1 Å². The molecule has 2 aromatic heterocycles. The number of nitrogens with two attached hydrogens (primary N) is 1. The van der Waals surface area contributed by atoms with Gasteiger partial charge in [0.25, 0.3) is 0 Å². The summed E-state index contributed by atoms with van der Waals surface area (Å²) < 4.78 is 5.62. The summed E-state index contributed by atoms with van der Waals surface area (Å²) in [5.74, 6) is 0.750. The zero-order valence-corrected chi connectivity index (χ0v) is 9.30. The summed E-state index contributed by atoms with van der Waals surface area (Å²) in [6.07, 6.45) is 2.44. The van der Waals surface area contributed by atoms with E-state index in [1.54, 1.807) is 11.1 Å². The largest absolute Gasteiger partial charge is 0.457 e. The minimum atomic E-state index is -0.350. The van der Waals surface area contributed by atoms with Crippen LogP contribution in [0.3, 0.4) is 0 Å². The molecule has 3 rings (SSSR count). The Kier molecular flexibility index (Phi) is 2.33. The third-order valence-corrected chi connectivity index (χ3v) is 3.02. The van der Waals surface area contributed by atoms with Crippen LogP contribution in [0, 0.1) is 0 Å². The van der Waals surface area contributed by atoms with Crippen molar-refractivity contribution >= 4 is 17.0 Å².